The SMILES string of the molecule is Cc1nc(CSc2ccc(C(=O)OC(C)C(=O)Nc3ccc4c(c3)OCO4)cc2)cs1. The molecule has 7 nitrogen and oxygen atoms in total. The molecule has 0 saturated heterocycles. The predicted molar refractivity (Wildman–Crippen MR) is 119 cm³/mol. The number of carbonyl (C=O) groups is 2. The number of hydrogen-bond donors (Lipinski definition) is 1. The number of aryl methyl sites for hydroxylation is 1. The number of benzene rings is 2. The summed E-state index contributed by atoms with van der Waals surface area (Å²) >= 11 is 3.27. The molecule has 2 heterocycles. The first-order chi connectivity index (χ1) is 15.0. The van der Waals surface area contributed by atoms with Crippen LogP contribution >= 0.6 is 23.1 Å². The Balaban J connectivity index is 1.29. The van der Waals surface area contributed by atoms with Gasteiger partial charge in [-0.15, -0.1) is 23.1 Å². The van der Waals surface area contributed by atoms with Crippen LogP contribution in [0.4, 0.5) is 5.69 Å². The van der Waals surface area contributed by atoms with Crippen molar-refractivity contribution < 1.29 is 23.8 Å². The standard InChI is InChI=1S/C22H20N2O5S2/c1-13(21(25)24-16-5-8-19-20(9-16)28-12-27-19)29-22(26)15-3-6-18(7-4-15)31-11-17-10-30-14(2)23-17/h3-10,13H,11-12H2,1-2H3,(H,24,25). The van der Waals surface area contributed by atoms with E-state index in [1.165, 1.54) is 6.92 Å². The van der Waals surface area contributed by atoms with Crippen LogP contribution in [0.25, 0.3) is 0 Å². The molecule has 1 aliphatic heterocycles. The number of hydrogen-bond acceptors (Lipinski definition) is 8. The minimum atomic E-state index is -0.958. The molecule has 0 radical (unpaired) electrons. The maximum Gasteiger partial charge on any atom is 0.338 e. The van der Waals surface area contributed by atoms with Crippen LogP contribution < -0.4 is 14.8 Å². The molecule has 0 aliphatic carbocycles. The third-order valence-corrected chi connectivity index (χ3v) is 6.30. The Kier molecular flexibility index (Phi) is 6.43. The molecular formula is C22H20N2O5S2. The molecule has 2 aromatic carbocycles. The first-order valence-corrected chi connectivity index (χ1v) is 11.4. The zero-order valence-electron chi connectivity index (χ0n) is 16.9. The highest BCUT2D eigenvalue weighted by molar-refractivity contribution is 7.98. The molecule has 1 N–H and O–H groups in total. The van der Waals surface area contributed by atoms with Gasteiger partial charge < -0.3 is 19.5 Å². The van der Waals surface area contributed by atoms with E-state index in [2.05, 4.69) is 10.3 Å². The Labute approximate surface area is 187 Å². The molecule has 0 saturated carbocycles. The Morgan fingerprint density at radius 3 is 2.71 bits per heavy atom. The van der Waals surface area contributed by atoms with E-state index in [0.717, 1.165) is 21.3 Å². The van der Waals surface area contributed by atoms with Gasteiger partial charge in [0.2, 0.25) is 6.79 Å². The van der Waals surface area contributed by atoms with Crippen molar-refractivity contribution >= 4 is 40.7 Å². The molecule has 3 aromatic rings. The number of nitrogens with one attached hydrogen (secondary N) is 1. The second-order valence-electron chi connectivity index (χ2n) is 6.78. The molecule has 31 heavy (non-hydrogen) atoms. The summed E-state index contributed by atoms with van der Waals surface area (Å²) in [6, 6.07) is 12.2. The van der Waals surface area contributed by atoms with Crippen LogP contribution in [0.2, 0.25) is 0 Å². The van der Waals surface area contributed by atoms with Crippen molar-refractivity contribution in [1.82, 2.24) is 4.98 Å². The first kappa shape index (κ1) is 21.2. The summed E-state index contributed by atoms with van der Waals surface area (Å²) in [5, 5.41) is 5.80. The van der Waals surface area contributed by atoms with Crippen LogP contribution in [0.3, 0.4) is 0 Å². The lowest BCUT2D eigenvalue weighted by molar-refractivity contribution is -0.123. The van der Waals surface area contributed by atoms with Crippen molar-refractivity contribution in [1.29, 1.82) is 0 Å². The van der Waals surface area contributed by atoms with Gasteiger partial charge in [-0.05, 0) is 50.2 Å². The maximum absolute atomic E-state index is 12.4. The van der Waals surface area contributed by atoms with Gasteiger partial charge in [0.05, 0.1) is 16.3 Å². The smallest absolute Gasteiger partial charge is 0.338 e. The van der Waals surface area contributed by atoms with Crippen LogP contribution in [-0.4, -0.2) is 29.8 Å². The lowest BCUT2D eigenvalue weighted by atomic mass is 10.2. The molecule has 1 unspecified atom stereocenters. The Hall–Kier alpha value is -3.04. The van der Waals surface area contributed by atoms with E-state index >= 15 is 0 Å². The number of nitrogens with zero attached hydrogens (tertiary/aromatic N) is 1. The number of amides is 1. The summed E-state index contributed by atoms with van der Waals surface area (Å²) in [5.41, 5.74) is 1.96. The monoisotopic (exact) mass is 456 g/mol. The quantitative estimate of drug-likeness (QED) is 0.409. The molecule has 1 aromatic heterocycles. The van der Waals surface area contributed by atoms with Gasteiger partial charge in [0.1, 0.15) is 0 Å². The summed E-state index contributed by atoms with van der Waals surface area (Å²) in [6.07, 6.45) is -0.958. The van der Waals surface area contributed by atoms with Crippen molar-refractivity contribution in [3.8, 4) is 11.5 Å². The normalized spacial score (nSPS) is 13.0. The molecule has 4 rings (SSSR count). The van der Waals surface area contributed by atoms with E-state index in [4.69, 9.17) is 14.2 Å². The minimum absolute atomic E-state index is 0.155. The first-order valence-electron chi connectivity index (χ1n) is 9.53. The lowest BCUT2D eigenvalue weighted by Gasteiger charge is -2.14. The Morgan fingerprint density at radius 2 is 1.97 bits per heavy atom. The van der Waals surface area contributed by atoms with Crippen LogP contribution in [-0.2, 0) is 15.3 Å². The number of anilines is 1. The fourth-order valence-corrected chi connectivity index (χ4v) is 4.33. The predicted octanol–water partition coefficient (Wildman–Crippen LogP) is 4.66. The van der Waals surface area contributed by atoms with E-state index in [0.29, 0.717) is 22.7 Å². The van der Waals surface area contributed by atoms with E-state index in [9.17, 15) is 9.59 Å². The number of thioether (sulfide) groups is 1. The largest absolute Gasteiger partial charge is 0.454 e. The molecule has 0 fully saturated rings. The summed E-state index contributed by atoms with van der Waals surface area (Å²) in [5.74, 6) is 0.967. The van der Waals surface area contributed by atoms with Gasteiger partial charge in [-0.25, -0.2) is 9.78 Å². The second kappa shape index (κ2) is 9.40. The highest BCUT2D eigenvalue weighted by Crippen LogP contribution is 2.34. The van der Waals surface area contributed by atoms with E-state index in [1.807, 2.05) is 24.4 Å². The molecule has 9 heteroatoms. The summed E-state index contributed by atoms with van der Waals surface area (Å²) in [6.45, 7) is 3.67. The maximum atomic E-state index is 12.4. The highest BCUT2D eigenvalue weighted by Gasteiger charge is 2.20. The molecule has 1 aliphatic rings. The van der Waals surface area contributed by atoms with Gasteiger partial charge in [-0.2, -0.15) is 0 Å². The molecule has 1 amide bonds. The van der Waals surface area contributed by atoms with Crippen LogP contribution in [0.15, 0.2) is 52.7 Å². The van der Waals surface area contributed by atoms with Crippen molar-refractivity contribution in [3.63, 3.8) is 0 Å². The highest BCUT2D eigenvalue weighted by atomic mass is 32.2. The lowest BCUT2D eigenvalue weighted by Crippen LogP contribution is -2.30. The second-order valence-corrected chi connectivity index (χ2v) is 8.89. The average molecular weight is 457 g/mol. The summed E-state index contributed by atoms with van der Waals surface area (Å²) in [4.78, 5) is 30.3. The number of thiazole rings is 1. The van der Waals surface area contributed by atoms with Crippen molar-refractivity contribution in [2.45, 2.75) is 30.6 Å². The van der Waals surface area contributed by atoms with Crippen LogP contribution in [0, 0.1) is 6.92 Å². The van der Waals surface area contributed by atoms with E-state index in [-0.39, 0.29) is 6.79 Å². The van der Waals surface area contributed by atoms with Crippen LogP contribution in [0.1, 0.15) is 28.0 Å². The van der Waals surface area contributed by atoms with Crippen molar-refractivity contribution in [2.75, 3.05) is 12.1 Å². The number of carbonyl (C=O) groups excluding carboxylic acids is 2. The van der Waals surface area contributed by atoms with Crippen molar-refractivity contribution in [2.24, 2.45) is 0 Å². The van der Waals surface area contributed by atoms with Gasteiger partial charge in [0, 0.05) is 27.8 Å². The fraction of sp³-hybridized carbons (Fsp3) is 0.227. The van der Waals surface area contributed by atoms with E-state index < -0.39 is 18.0 Å². The summed E-state index contributed by atoms with van der Waals surface area (Å²) < 4.78 is 15.9. The average Bonchev–Trinajstić information content (AvgIpc) is 3.40. The molecular weight excluding hydrogens is 436 g/mol. The number of fused-ring (bicyclic) bond motifs is 1. The molecule has 0 spiro atoms. The third-order valence-electron chi connectivity index (χ3n) is 4.44. The van der Waals surface area contributed by atoms with Gasteiger partial charge in [-0.3, -0.25) is 4.79 Å². The third kappa shape index (κ3) is 5.36. The van der Waals surface area contributed by atoms with Crippen LogP contribution in [0.5, 0.6) is 11.5 Å². The van der Waals surface area contributed by atoms with Gasteiger partial charge in [0.15, 0.2) is 17.6 Å². The number of rotatable bonds is 7. The topological polar surface area (TPSA) is 86.8 Å². The number of aromatic nitrogens is 1. The van der Waals surface area contributed by atoms with E-state index in [1.54, 1.807) is 53.4 Å². The number of ether oxygens (including phenoxy) is 3. The molecule has 160 valence electrons. The molecule has 1 atom stereocenters. The Bertz CT molecular complexity index is 1100. The summed E-state index contributed by atoms with van der Waals surface area (Å²) in [7, 11) is 0. The Morgan fingerprint density at radius 1 is 1.19 bits per heavy atom. The van der Waals surface area contributed by atoms with Gasteiger partial charge >= 0.3 is 5.97 Å². The zero-order valence-corrected chi connectivity index (χ0v) is 18.5. The minimum Gasteiger partial charge on any atom is -0.454 e. The fourth-order valence-electron chi connectivity index (χ4n) is 2.82. The number of esters is 1. The zero-order chi connectivity index (χ0) is 21.8. The molecule has 0 bridgehead atoms. The van der Waals surface area contributed by atoms with Crippen molar-refractivity contribution in [3.05, 3.63) is 64.1 Å². The van der Waals surface area contributed by atoms with Gasteiger partial charge in [-0.1, -0.05) is 0 Å². The van der Waals surface area contributed by atoms with Gasteiger partial charge in [0.25, 0.3) is 5.91 Å².